The summed E-state index contributed by atoms with van der Waals surface area (Å²) in [5.41, 5.74) is 0. The summed E-state index contributed by atoms with van der Waals surface area (Å²) in [5.74, 6) is 0. The SMILES string of the molecule is O=P([O-])([O-])[O-].O=P([O-])([O-])[O-].[Ce+3].[Ti+4]. The molecule has 8 nitrogen and oxygen atoms in total. The predicted molar refractivity (Wildman–Crippen MR) is 15.2 cm³/mol. The van der Waals surface area contributed by atoms with Crippen LogP contribution in [-0.2, 0) is 30.8 Å². The van der Waals surface area contributed by atoms with Gasteiger partial charge in [0, 0.05) is 0 Å². The number of hydrogen-bond acceptors (Lipinski definition) is 8. The Kier molecular flexibility index (Phi) is 19.6. The molecule has 0 saturated carbocycles. The zero-order chi connectivity index (χ0) is 9.00. The van der Waals surface area contributed by atoms with Crippen molar-refractivity contribution < 1.29 is 102 Å². The van der Waals surface area contributed by atoms with Crippen molar-refractivity contribution in [1.29, 1.82) is 0 Å². The van der Waals surface area contributed by atoms with Gasteiger partial charge in [-0.15, -0.1) is 0 Å². The summed E-state index contributed by atoms with van der Waals surface area (Å²) in [6.45, 7) is 0. The molecule has 0 heterocycles. The molecule has 0 aromatic heterocycles. The molecule has 0 bridgehead atoms. The Morgan fingerprint density at radius 3 is 0.667 bits per heavy atom. The van der Waals surface area contributed by atoms with Crippen LogP contribution in [0.3, 0.4) is 0 Å². The van der Waals surface area contributed by atoms with Gasteiger partial charge in [-0.1, -0.05) is 0 Å². The second-order valence-electron chi connectivity index (χ2n) is 0.894. The van der Waals surface area contributed by atoms with E-state index in [9.17, 15) is 0 Å². The van der Waals surface area contributed by atoms with Crippen molar-refractivity contribution in [1.82, 2.24) is 0 Å². The van der Waals surface area contributed by atoms with Crippen LogP contribution in [0.4, 0.5) is 0 Å². The van der Waals surface area contributed by atoms with E-state index in [1.807, 2.05) is 0 Å². The van der Waals surface area contributed by atoms with E-state index in [2.05, 4.69) is 0 Å². The van der Waals surface area contributed by atoms with Crippen LogP contribution in [0.15, 0.2) is 0 Å². The van der Waals surface area contributed by atoms with Gasteiger partial charge in [0.25, 0.3) is 0 Å². The van der Waals surface area contributed by atoms with E-state index in [4.69, 9.17) is 38.5 Å². The first-order valence-electron chi connectivity index (χ1n) is 1.46. The van der Waals surface area contributed by atoms with Crippen molar-refractivity contribution in [3.05, 3.63) is 0 Å². The fourth-order valence-corrected chi connectivity index (χ4v) is 0. The first kappa shape index (κ1) is 23.9. The molecule has 1 radical (unpaired) electrons. The molecule has 0 aliphatic rings. The minimum absolute atomic E-state index is 0. The van der Waals surface area contributed by atoms with Crippen molar-refractivity contribution in [2.45, 2.75) is 0 Å². The third kappa shape index (κ3) is 295. The summed E-state index contributed by atoms with van der Waals surface area (Å²) in [6.07, 6.45) is 0. The summed E-state index contributed by atoms with van der Waals surface area (Å²) in [4.78, 5) is 51.3. The van der Waals surface area contributed by atoms with Crippen LogP contribution in [0.25, 0.3) is 0 Å². The Hall–Kier alpha value is 2.31. The van der Waals surface area contributed by atoms with Crippen molar-refractivity contribution in [3.63, 3.8) is 0 Å². The van der Waals surface area contributed by atoms with E-state index in [1.165, 1.54) is 0 Å². The van der Waals surface area contributed by atoms with Gasteiger partial charge in [-0.3, -0.25) is 0 Å². The molecule has 12 heteroatoms. The summed E-state index contributed by atoms with van der Waals surface area (Å²) in [6, 6.07) is 0. The number of hydrogen-bond donors (Lipinski definition) is 0. The third-order valence-corrected chi connectivity index (χ3v) is 0. The summed E-state index contributed by atoms with van der Waals surface area (Å²) < 4.78 is 17.1. The van der Waals surface area contributed by atoms with E-state index in [-0.39, 0.29) is 63.5 Å². The average molecular weight is 378 g/mol. The zero-order valence-electron chi connectivity index (χ0n) is 5.16. The van der Waals surface area contributed by atoms with Gasteiger partial charge in [0.05, 0.1) is 0 Å². The minimum Gasteiger partial charge on any atom is -0.822 e. The monoisotopic (exact) mass is 378 g/mol. The maximum absolute atomic E-state index is 8.55. The molecule has 0 saturated heterocycles. The largest absolute Gasteiger partial charge is 4.00 e. The van der Waals surface area contributed by atoms with Crippen LogP contribution in [0.5, 0.6) is 0 Å². The molecule has 0 rings (SSSR count). The molecule has 0 fully saturated rings. The summed E-state index contributed by atoms with van der Waals surface area (Å²) >= 11 is 0. The second-order valence-corrected chi connectivity index (χ2v) is 2.68. The molecule has 0 unspecified atom stereocenters. The van der Waals surface area contributed by atoms with Crippen LogP contribution in [0.2, 0.25) is 0 Å². The molecular formula is CeO8P2Ti+. The molecule has 0 aliphatic heterocycles. The normalized spacial score (nSPS) is 9.83. The van der Waals surface area contributed by atoms with E-state index >= 15 is 0 Å². The molecule has 65 valence electrons. The molecular weight excluding hydrogens is 378 g/mol. The van der Waals surface area contributed by atoms with Crippen molar-refractivity contribution in [2.75, 3.05) is 0 Å². The van der Waals surface area contributed by atoms with Crippen LogP contribution in [0.1, 0.15) is 0 Å². The van der Waals surface area contributed by atoms with Crippen LogP contribution < -0.4 is 29.4 Å². The average Bonchev–Trinajstić information content (AvgIpc) is 1.12. The quantitative estimate of drug-likeness (QED) is 0.296. The number of phosphoric acid groups is 2. The predicted octanol–water partition coefficient (Wildman–Crippen LogP) is -5.65. The minimum atomic E-state index is -5.39. The Balaban J connectivity index is -0.0000000457. The summed E-state index contributed by atoms with van der Waals surface area (Å²) in [7, 11) is -10.8. The molecule has 0 N–H and O–H groups in total. The number of rotatable bonds is 0. The van der Waals surface area contributed by atoms with E-state index in [0.29, 0.717) is 0 Å². The molecule has 0 amide bonds. The van der Waals surface area contributed by atoms with Crippen molar-refractivity contribution >= 4 is 15.6 Å². The van der Waals surface area contributed by atoms with Gasteiger partial charge < -0.3 is 38.5 Å². The van der Waals surface area contributed by atoms with Gasteiger partial charge in [-0.2, -0.15) is 15.6 Å². The fraction of sp³-hybridized carbons (Fsp3) is 0. The Labute approximate surface area is 116 Å². The first-order chi connectivity index (χ1) is 4.00. The van der Waals surface area contributed by atoms with Crippen molar-refractivity contribution in [2.24, 2.45) is 0 Å². The molecule has 0 aromatic carbocycles. The van der Waals surface area contributed by atoms with Crippen LogP contribution in [0, 0.1) is 41.7 Å². The second kappa shape index (κ2) is 9.85. The molecule has 12 heavy (non-hydrogen) atoms. The smallest absolute Gasteiger partial charge is 0.822 e. The Bertz CT molecular complexity index is 129. The Morgan fingerprint density at radius 1 is 0.667 bits per heavy atom. The zero-order valence-corrected chi connectivity index (χ0v) is 11.7. The summed E-state index contributed by atoms with van der Waals surface area (Å²) in [5, 5.41) is 0. The van der Waals surface area contributed by atoms with Crippen molar-refractivity contribution in [3.8, 4) is 0 Å². The molecule has 0 spiro atoms. The van der Waals surface area contributed by atoms with Gasteiger partial charge in [-0.05, 0) is 0 Å². The fourth-order valence-electron chi connectivity index (χ4n) is 0. The van der Waals surface area contributed by atoms with Gasteiger partial charge >= 0.3 is 63.5 Å². The Morgan fingerprint density at radius 2 is 0.667 bits per heavy atom. The van der Waals surface area contributed by atoms with Crippen LogP contribution >= 0.6 is 15.6 Å². The van der Waals surface area contributed by atoms with E-state index < -0.39 is 15.6 Å². The van der Waals surface area contributed by atoms with Gasteiger partial charge in [0.1, 0.15) is 0 Å². The standard InChI is InChI=1S/Ce.2H3O4P.Ti/c;2*1-5(2,3)4;/h;2*(H3,1,2,3,4);/q+3;;;+4/p-6. The molecule has 0 atom stereocenters. The molecule has 0 aliphatic carbocycles. The van der Waals surface area contributed by atoms with E-state index in [0.717, 1.165) is 0 Å². The van der Waals surface area contributed by atoms with Gasteiger partial charge in [0.15, 0.2) is 0 Å². The third-order valence-electron chi connectivity index (χ3n) is 0. The van der Waals surface area contributed by atoms with E-state index in [1.54, 1.807) is 0 Å². The van der Waals surface area contributed by atoms with Gasteiger partial charge in [0.2, 0.25) is 0 Å². The topological polar surface area (TPSA) is 172 Å². The maximum atomic E-state index is 8.55. The van der Waals surface area contributed by atoms with Gasteiger partial charge in [-0.25, -0.2) is 0 Å². The van der Waals surface area contributed by atoms with Crippen LogP contribution in [-0.4, -0.2) is 0 Å². The maximum Gasteiger partial charge on any atom is 4.00 e. The molecule has 0 aromatic rings. The first-order valence-corrected chi connectivity index (χ1v) is 4.38.